The summed E-state index contributed by atoms with van der Waals surface area (Å²) < 4.78 is 2.39. The summed E-state index contributed by atoms with van der Waals surface area (Å²) in [5.74, 6) is 0. The zero-order valence-electron chi connectivity index (χ0n) is 37.7. The maximum absolute atomic E-state index is 5.57. The van der Waals surface area contributed by atoms with E-state index in [-0.39, 0.29) is 0 Å². The Bertz CT molecular complexity index is 3790. The second-order valence-corrected chi connectivity index (χ2v) is 18.2. The Morgan fingerprint density at radius 1 is 0.304 bits per heavy atom. The average Bonchev–Trinajstić information content (AvgIpc) is 3.92. The molecule has 2 aromatic heterocycles. The monoisotopic (exact) mass is 877 g/mol. The lowest BCUT2D eigenvalue weighted by molar-refractivity contribution is 0.753. The molecule has 10 aromatic carbocycles. The first-order valence-electron chi connectivity index (χ1n) is 23.8. The van der Waals surface area contributed by atoms with Gasteiger partial charge < -0.3 is 9.47 Å². The van der Waals surface area contributed by atoms with Crippen LogP contribution in [0, 0.1) is 0 Å². The third-order valence-corrected chi connectivity index (χ3v) is 14.6. The molecule has 69 heavy (non-hydrogen) atoms. The summed E-state index contributed by atoms with van der Waals surface area (Å²) in [5.41, 5.74) is 22.6. The molecule has 0 atom stereocenters. The van der Waals surface area contributed by atoms with Crippen LogP contribution in [0.25, 0.3) is 83.4 Å². The van der Waals surface area contributed by atoms with Crippen molar-refractivity contribution in [1.29, 1.82) is 0 Å². The van der Waals surface area contributed by atoms with Crippen LogP contribution in [0.3, 0.4) is 0 Å². The number of rotatable bonds is 6. The van der Waals surface area contributed by atoms with Crippen molar-refractivity contribution in [2.24, 2.45) is 0 Å². The van der Waals surface area contributed by atoms with Gasteiger partial charge in [-0.1, -0.05) is 194 Å². The SMILES string of the molecule is c1ccc(-c2cc(-c3ccccc3)nc(-c3cccc4c3-c3cc(-c5ccc(-n6c7ccccc7c7ccccc76)cc5)ccc3C43c4ccccc4N(c4ccccc4)c4ccccc43)c2)cc1. The maximum atomic E-state index is 5.57. The summed E-state index contributed by atoms with van der Waals surface area (Å²) in [6, 6.07) is 95.4. The van der Waals surface area contributed by atoms with E-state index in [1.54, 1.807) is 0 Å². The molecular formula is C66H43N3. The molecule has 1 aliphatic carbocycles. The first-order chi connectivity index (χ1) is 34.2. The lowest BCUT2D eigenvalue weighted by Crippen LogP contribution is -2.36. The van der Waals surface area contributed by atoms with E-state index < -0.39 is 5.41 Å². The predicted octanol–water partition coefficient (Wildman–Crippen LogP) is 17.0. The fraction of sp³-hybridized carbons (Fsp3) is 0.0152. The van der Waals surface area contributed by atoms with Crippen LogP contribution < -0.4 is 4.90 Å². The van der Waals surface area contributed by atoms with Crippen molar-refractivity contribution in [3.8, 4) is 61.6 Å². The second-order valence-electron chi connectivity index (χ2n) is 18.2. The van der Waals surface area contributed by atoms with E-state index in [0.717, 1.165) is 50.6 Å². The van der Waals surface area contributed by atoms with Gasteiger partial charge in [-0.3, -0.25) is 0 Å². The van der Waals surface area contributed by atoms with E-state index in [1.807, 2.05) is 0 Å². The summed E-state index contributed by atoms with van der Waals surface area (Å²) >= 11 is 0. The van der Waals surface area contributed by atoms with Crippen LogP contribution in [0.2, 0.25) is 0 Å². The number of fused-ring (bicyclic) bond motifs is 12. The van der Waals surface area contributed by atoms with Crippen molar-refractivity contribution in [2.75, 3.05) is 4.90 Å². The quantitative estimate of drug-likeness (QED) is 0.166. The molecule has 12 aromatic rings. The van der Waals surface area contributed by atoms with E-state index in [9.17, 15) is 0 Å². The number of hydrogen-bond acceptors (Lipinski definition) is 2. The highest BCUT2D eigenvalue weighted by Gasteiger charge is 2.52. The number of aromatic nitrogens is 2. The summed E-state index contributed by atoms with van der Waals surface area (Å²) in [6.07, 6.45) is 0. The minimum atomic E-state index is -0.628. The molecular weight excluding hydrogens is 835 g/mol. The van der Waals surface area contributed by atoms with Crippen LogP contribution in [-0.4, -0.2) is 9.55 Å². The fourth-order valence-corrected chi connectivity index (χ4v) is 11.7. The van der Waals surface area contributed by atoms with Crippen molar-refractivity contribution in [3.05, 3.63) is 283 Å². The van der Waals surface area contributed by atoms with Gasteiger partial charge in [-0.05, 0) is 122 Å². The van der Waals surface area contributed by atoms with Crippen molar-refractivity contribution in [3.63, 3.8) is 0 Å². The molecule has 322 valence electrons. The highest BCUT2D eigenvalue weighted by atomic mass is 15.2. The van der Waals surface area contributed by atoms with E-state index >= 15 is 0 Å². The average molecular weight is 878 g/mol. The number of anilines is 3. The van der Waals surface area contributed by atoms with E-state index in [4.69, 9.17) is 4.98 Å². The van der Waals surface area contributed by atoms with Crippen molar-refractivity contribution in [2.45, 2.75) is 5.41 Å². The Balaban J connectivity index is 1.02. The Labute approximate surface area is 401 Å². The minimum absolute atomic E-state index is 0.628. The lowest BCUT2D eigenvalue weighted by atomic mass is 9.64. The van der Waals surface area contributed by atoms with E-state index in [0.29, 0.717) is 0 Å². The van der Waals surface area contributed by atoms with Gasteiger partial charge >= 0.3 is 0 Å². The van der Waals surface area contributed by atoms with Gasteiger partial charge in [-0.15, -0.1) is 0 Å². The van der Waals surface area contributed by atoms with E-state index in [1.165, 1.54) is 72.1 Å². The molecule has 0 saturated heterocycles. The molecule has 3 heterocycles. The van der Waals surface area contributed by atoms with Gasteiger partial charge in [0.05, 0.1) is 39.2 Å². The van der Waals surface area contributed by atoms with Gasteiger partial charge in [0, 0.05) is 33.3 Å². The number of benzene rings is 10. The van der Waals surface area contributed by atoms with Crippen molar-refractivity contribution >= 4 is 38.9 Å². The summed E-state index contributed by atoms with van der Waals surface area (Å²) in [5, 5.41) is 2.52. The predicted molar refractivity (Wildman–Crippen MR) is 286 cm³/mol. The zero-order chi connectivity index (χ0) is 45.5. The van der Waals surface area contributed by atoms with Crippen molar-refractivity contribution < 1.29 is 0 Å². The molecule has 0 saturated carbocycles. The molecule has 1 spiro atoms. The molecule has 0 amide bonds. The number of hydrogen-bond donors (Lipinski definition) is 0. The molecule has 0 radical (unpaired) electrons. The molecule has 0 N–H and O–H groups in total. The van der Waals surface area contributed by atoms with Gasteiger partial charge in [0.15, 0.2) is 0 Å². The highest BCUT2D eigenvalue weighted by Crippen LogP contribution is 2.65. The third-order valence-electron chi connectivity index (χ3n) is 14.6. The molecule has 1 aliphatic heterocycles. The Kier molecular flexibility index (Phi) is 8.80. The molecule has 3 nitrogen and oxygen atoms in total. The lowest BCUT2D eigenvalue weighted by Gasteiger charge is -2.45. The topological polar surface area (TPSA) is 21.1 Å². The normalized spacial score (nSPS) is 13.0. The van der Waals surface area contributed by atoms with Gasteiger partial charge in [-0.25, -0.2) is 4.98 Å². The Hall–Kier alpha value is -9.05. The summed E-state index contributed by atoms with van der Waals surface area (Å²) in [4.78, 5) is 8.02. The highest BCUT2D eigenvalue weighted by molar-refractivity contribution is 6.09. The number of nitrogens with zero attached hydrogens (tertiary/aromatic N) is 3. The van der Waals surface area contributed by atoms with E-state index in [2.05, 4.69) is 270 Å². The Morgan fingerprint density at radius 2 is 0.826 bits per heavy atom. The fourth-order valence-electron chi connectivity index (χ4n) is 11.7. The van der Waals surface area contributed by atoms with Gasteiger partial charge in [0.2, 0.25) is 0 Å². The Morgan fingerprint density at radius 3 is 1.49 bits per heavy atom. The molecule has 0 fully saturated rings. The minimum Gasteiger partial charge on any atom is -0.310 e. The van der Waals surface area contributed by atoms with Gasteiger partial charge in [-0.2, -0.15) is 0 Å². The van der Waals surface area contributed by atoms with Crippen LogP contribution >= 0.6 is 0 Å². The van der Waals surface area contributed by atoms with Gasteiger partial charge in [0.25, 0.3) is 0 Å². The van der Waals surface area contributed by atoms with Crippen LogP contribution in [0.1, 0.15) is 22.3 Å². The molecule has 0 unspecified atom stereocenters. The van der Waals surface area contributed by atoms with Gasteiger partial charge in [0.1, 0.15) is 0 Å². The largest absolute Gasteiger partial charge is 0.310 e. The summed E-state index contributed by atoms with van der Waals surface area (Å²) in [6.45, 7) is 0. The summed E-state index contributed by atoms with van der Waals surface area (Å²) in [7, 11) is 0. The van der Waals surface area contributed by atoms with Crippen molar-refractivity contribution in [1.82, 2.24) is 9.55 Å². The zero-order valence-corrected chi connectivity index (χ0v) is 37.7. The van der Waals surface area contributed by atoms with Crippen LogP contribution in [-0.2, 0) is 5.41 Å². The standard InChI is InChI=1S/C66H43N3/c1-4-19-44(20-5-1)48-42-59(46-21-6-2-7-22-46)67-60(43-48)53-27-18-30-58-65(53)54-41-47(45-35-38-50(39-36-45)68-61-31-14-10-25-51(61)52-26-11-15-32-62(52)68)37-40-55(54)66(58)56-28-12-16-33-63(56)69(49-23-8-3-9-24-49)64-34-17-13-29-57(64)66/h1-43H. The maximum Gasteiger partial charge on any atom is 0.0754 e. The first kappa shape index (κ1) is 39.1. The molecule has 2 aliphatic rings. The van der Waals surface area contributed by atoms with Crippen LogP contribution in [0.5, 0.6) is 0 Å². The smallest absolute Gasteiger partial charge is 0.0754 e. The molecule has 3 heteroatoms. The molecule has 14 rings (SSSR count). The first-order valence-corrected chi connectivity index (χ1v) is 23.8. The van der Waals surface area contributed by atoms with Crippen LogP contribution in [0.15, 0.2) is 261 Å². The second kappa shape index (κ2) is 15.5. The van der Waals surface area contributed by atoms with Crippen LogP contribution in [0.4, 0.5) is 17.1 Å². The molecule has 0 bridgehead atoms. The number of pyridine rings is 1. The number of para-hydroxylation sites is 5. The third kappa shape index (κ3) is 5.90.